The zero-order chi connectivity index (χ0) is 31.9. The van der Waals surface area contributed by atoms with Gasteiger partial charge in [-0.3, -0.25) is 19.1 Å². The number of sulfonamides is 1. The number of nitrogens with two attached hydrogens (primary N) is 1. The molecule has 1 saturated heterocycles. The van der Waals surface area contributed by atoms with E-state index in [1.54, 1.807) is 29.2 Å². The fourth-order valence-corrected chi connectivity index (χ4v) is 5.82. The number of anilines is 1. The largest absolute Gasteiger partial charge is 0.481 e. The number of piperazine rings is 1. The number of aromatic nitrogens is 4. The van der Waals surface area contributed by atoms with Gasteiger partial charge in [0, 0.05) is 45.8 Å². The van der Waals surface area contributed by atoms with E-state index in [0.717, 1.165) is 18.4 Å². The maximum atomic E-state index is 13.5. The minimum Gasteiger partial charge on any atom is -0.481 e. The van der Waals surface area contributed by atoms with Crippen LogP contribution < -0.4 is 16.2 Å². The normalized spacial score (nSPS) is 14.6. The van der Waals surface area contributed by atoms with Gasteiger partial charge < -0.3 is 25.5 Å². The Balaban J connectivity index is 1.47. The minimum atomic E-state index is -3.29. The highest BCUT2D eigenvalue weighted by Crippen LogP contribution is 2.18. The summed E-state index contributed by atoms with van der Waals surface area (Å²) in [6.45, 7) is 4.92. The number of aliphatic carboxylic acids is 1. The summed E-state index contributed by atoms with van der Waals surface area (Å²) >= 11 is 0. The number of H-pyrrole nitrogens is 1. The average Bonchev–Trinajstić information content (AvgIpc) is 3.28. The highest BCUT2D eigenvalue weighted by Gasteiger charge is 2.26. The summed E-state index contributed by atoms with van der Waals surface area (Å²) < 4.78 is 32.2. The molecule has 0 radical (unpaired) electrons. The maximum Gasteiger partial charge on any atom is 0.327 e. The predicted octanol–water partition coefficient (Wildman–Crippen LogP) is 0.504. The highest BCUT2D eigenvalue weighted by molar-refractivity contribution is 7.88. The van der Waals surface area contributed by atoms with Crippen molar-refractivity contribution in [3.8, 4) is 6.01 Å². The number of hydrogen-bond donors (Lipinski definition) is 3. The van der Waals surface area contributed by atoms with Gasteiger partial charge in [-0.15, -0.1) is 0 Å². The molecular formula is C28H40N8O7S. The van der Waals surface area contributed by atoms with E-state index in [9.17, 15) is 22.8 Å². The number of carbonyl (C=O) groups is 2. The molecule has 1 aromatic carbocycles. The van der Waals surface area contributed by atoms with Crippen molar-refractivity contribution in [2.75, 3.05) is 57.9 Å². The lowest BCUT2D eigenvalue weighted by molar-refractivity contribution is -0.136. The van der Waals surface area contributed by atoms with E-state index in [1.165, 1.54) is 15.1 Å². The molecule has 0 bridgehead atoms. The molecule has 1 amide bonds. The second-order valence-corrected chi connectivity index (χ2v) is 12.9. The molecule has 240 valence electrons. The number of carboxylic acid groups (broad SMARTS) is 1. The van der Waals surface area contributed by atoms with Gasteiger partial charge in [0.25, 0.3) is 0 Å². The van der Waals surface area contributed by atoms with Crippen molar-refractivity contribution in [2.45, 2.75) is 45.7 Å². The number of fused-ring (bicyclic) bond motifs is 1. The lowest BCUT2D eigenvalue weighted by atomic mass is 10.1. The van der Waals surface area contributed by atoms with Crippen LogP contribution in [-0.2, 0) is 39.1 Å². The molecule has 0 spiro atoms. The first-order chi connectivity index (χ1) is 20.9. The van der Waals surface area contributed by atoms with E-state index < -0.39 is 21.7 Å². The number of nitrogen functional groups attached to an aromatic ring is 1. The number of benzene rings is 1. The number of imidazole rings is 1. The van der Waals surface area contributed by atoms with E-state index in [1.807, 2.05) is 11.8 Å². The Bertz CT molecular complexity index is 1610. The van der Waals surface area contributed by atoms with Crippen molar-refractivity contribution in [3.05, 3.63) is 45.9 Å². The number of ether oxygens (including phenoxy) is 1. The Morgan fingerprint density at radius 2 is 1.77 bits per heavy atom. The second kappa shape index (κ2) is 14.6. The predicted molar refractivity (Wildman–Crippen MR) is 164 cm³/mol. The molecule has 4 N–H and O–H groups in total. The van der Waals surface area contributed by atoms with Gasteiger partial charge in [0.05, 0.1) is 25.8 Å². The second-order valence-electron chi connectivity index (χ2n) is 10.9. The molecule has 1 aliphatic heterocycles. The third kappa shape index (κ3) is 8.76. The molecule has 3 heterocycles. The molecule has 4 rings (SSSR count). The summed E-state index contributed by atoms with van der Waals surface area (Å²) in [6, 6.07) is 7.15. The van der Waals surface area contributed by atoms with E-state index in [4.69, 9.17) is 15.6 Å². The van der Waals surface area contributed by atoms with Crippen LogP contribution in [0.5, 0.6) is 6.01 Å². The summed E-state index contributed by atoms with van der Waals surface area (Å²) in [5.74, 6) is -0.960. The molecule has 15 nitrogen and oxygen atoms in total. The van der Waals surface area contributed by atoms with Gasteiger partial charge in [0.1, 0.15) is 5.52 Å². The first-order valence-corrected chi connectivity index (χ1v) is 16.4. The smallest absolute Gasteiger partial charge is 0.327 e. The third-order valence-corrected chi connectivity index (χ3v) is 8.74. The highest BCUT2D eigenvalue weighted by atomic mass is 32.2. The van der Waals surface area contributed by atoms with Crippen LogP contribution in [0.15, 0.2) is 29.1 Å². The van der Waals surface area contributed by atoms with Gasteiger partial charge in [-0.25, -0.2) is 13.2 Å². The molecule has 44 heavy (non-hydrogen) atoms. The molecular weight excluding hydrogens is 592 g/mol. The summed E-state index contributed by atoms with van der Waals surface area (Å²) in [7, 11) is -3.29. The molecule has 16 heteroatoms. The Kier molecular flexibility index (Phi) is 10.9. The van der Waals surface area contributed by atoms with Gasteiger partial charge in [0.15, 0.2) is 11.5 Å². The first-order valence-electron chi connectivity index (χ1n) is 14.6. The van der Waals surface area contributed by atoms with Crippen LogP contribution >= 0.6 is 0 Å². The number of amides is 1. The van der Waals surface area contributed by atoms with Crippen molar-refractivity contribution in [1.29, 1.82) is 0 Å². The fourth-order valence-electron chi connectivity index (χ4n) is 4.99. The Morgan fingerprint density at radius 1 is 1.09 bits per heavy atom. The molecule has 0 unspecified atom stereocenters. The molecule has 0 aliphatic carbocycles. The zero-order valence-electron chi connectivity index (χ0n) is 25.1. The van der Waals surface area contributed by atoms with Gasteiger partial charge in [-0.1, -0.05) is 37.6 Å². The lowest BCUT2D eigenvalue weighted by Gasteiger charge is -2.34. The van der Waals surface area contributed by atoms with Crippen molar-refractivity contribution in [1.82, 2.24) is 33.6 Å². The Hall–Kier alpha value is -4.02. The summed E-state index contributed by atoms with van der Waals surface area (Å²) in [5.41, 5.74) is 7.79. The molecule has 3 aromatic rings. The number of rotatable bonds is 15. The van der Waals surface area contributed by atoms with E-state index >= 15 is 0 Å². The molecule has 0 atom stereocenters. The van der Waals surface area contributed by atoms with Gasteiger partial charge in [-0.2, -0.15) is 14.3 Å². The number of nitrogens with one attached hydrogen (secondary N) is 1. The fraction of sp³-hybridized carbons (Fsp3) is 0.536. The van der Waals surface area contributed by atoms with Crippen LogP contribution in [0.4, 0.5) is 5.82 Å². The van der Waals surface area contributed by atoms with Crippen LogP contribution in [0.2, 0.25) is 0 Å². The number of aromatic amines is 1. The van der Waals surface area contributed by atoms with Crippen molar-refractivity contribution in [2.24, 2.45) is 0 Å². The standard InChI is InChI=1S/C28H40N8O7S/c1-3-4-16-43-27-31-25(29)24-26(32-27)36(28(40)30-24)11-5-10-34(18-21-8-6-20(7-9-21)17-23(38)39)22(37)19-33-12-14-35(15-13-33)44(2,41)42/h6-9H,3-5,10-19H2,1-2H3,(H,30,40)(H,38,39)(H2,29,31,32). The van der Waals surface area contributed by atoms with E-state index in [-0.39, 0.29) is 43.8 Å². The topological polar surface area (TPSA) is 197 Å². The van der Waals surface area contributed by atoms with E-state index in [2.05, 4.69) is 15.0 Å². The minimum absolute atomic E-state index is 0.0929. The summed E-state index contributed by atoms with van der Waals surface area (Å²) in [5, 5.41) is 9.07. The summed E-state index contributed by atoms with van der Waals surface area (Å²) in [6.07, 6.45) is 3.26. The number of nitrogens with zero attached hydrogens (tertiary/aromatic N) is 6. The van der Waals surface area contributed by atoms with Crippen molar-refractivity contribution >= 4 is 38.9 Å². The number of hydrogen-bond acceptors (Lipinski definition) is 10. The number of aryl methyl sites for hydroxylation is 1. The van der Waals surface area contributed by atoms with Crippen LogP contribution in [0.3, 0.4) is 0 Å². The monoisotopic (exact) mass is 632 g/mol. The summed E-state index contributed by atoms with van der Waals surface area (Å²) in [4.78, 5) is 52.3. The number of carboxylic acids is 1. The van der Waals surface area contributed by atoms with Crippen LogP contribution in [0.25, 0.3) is 11.2 Å². The Morgan fingerprint density at radius 3 is 2.41 bits per heavy atom. The Labute approximate surface area is 255 Å². The van der Waals surface area contributed by atoms with E-state index in [0.29, 0.717) is 62.5 Å². The third-order valence-electron chi connectivity index (χ3n) is 7.43. The SMILES string of the molecule is CCCCOc1nc(N)c2[nH]c(=O)n(CCCN(Cc3ccc(CC(=O)O)cc3)C(=O)CN3CCN(S(C)(=O)=O)CC3)c2n1. The lowest BCUT2D eigenvalue weighted by Crippen LogP contribution is -2.51. The van der Waals surface area contributed by atoms with Crippen molar-refractivity contribution in [3.63, 3.8) is 0 Å². The average molecular weight is 633 g/mol. The van der Waals surface area contributed by atoms with Crippen LogP contribution in [0, 0.1) is 0 Å². The van der Waals surface area contributed by atoms with Crippen molar-refractivity contribution < 1.29 is 27.9 Å². The quantitative estimate of drug-likeness (QED) is 0.197. The zero-order valence-corrected chi connectivity index (χ0v) is 25.9. The van der Waals surface area contributed by atoms with Gasteiger partial charge >= 0.3 is 17.7 Å². The van der Waals surface area contributed by atoms with Crippen LogP contribution in [0.1, 0.15) is 37.3 Å². The number of carbonyl (C=O) groups excluding carboxylic acids is 1. The number of unbranched alkanes of at least 4 members (excludes halogenated alkanes) is 1. The first kappa shape index (κ1) is 32.9. The van der Waals surface area contributed by atoms with Gasteiger partial charge in [-0.05, 0) is 24.0 Å². The van der Waals surface area contributed by atoms with Gasteiger partial charge in [0.2, 0.25) is 15.9 Å². The molecule has 2 aromatic heterocycles. The maximum absolute atomic E-state index is 13.5. The molecule has 0 saturated carbocycles. The van der Waals surface area contributed by atoms with Crippen LogP contribution in [-0.4, -0.2) is 111 Å². The molecule has 1 aliphatic rings. The molecule has 1 fully saturated rings.